The summed E-state index contributed by atoms with van der Waals surface area (Å²) in [6.07, 6.45) is 8.15. The predicted octanol–water partition coefficient (Wildman–Crippen LogP) is 4.64. The lowest BCUT2D eigenvalue weighted by molar-refractivity contribution is 0.190. The summed E-state index contributed by atoms with van der Waals surface area (Å²) < 4.78 is 5.27. The van der Waals surface area contributed by atoms with Gasteiger partial charge in [0, 0.05) is 25.0 Å². The Morgan fingerprint density at radius 3 is 2.76 bits per heavy atom. The molecule has 3 N–H and O–H groups in total. The number of ether oxygens (including phenoxy) is 1. The van der Waals surface area contributed by atoms with Crippen LogP contribution in [0.2, 0.25) is 0 Å². The van der Waals surface area contributed by atoms with Crippen LogP contribution in [0.1, 0.15) is 44.1 Å². The molecule has 1 aromatic carbocycles. The van der Waals surface area contributed by atoms with Gasteiger partial charge in [-0.3, -0.25) is 4.99 Å². The summed E-state index contributed by atoms with van der Waals surface area (Å²) in [6.45, 7) is 3.27. The topological polar surface area (TPSA) is 90.9 Å². The highest BCUT2D eigenvalue weighted by Crippen LogP contribution is 2.37. The molecule has 8 nitrogen and oxygen atoms in total. The van der Waals surface area contributed by atoms with E-state index in [-0.39, 0.29) is 11.6 Å². The standard InChI is InChI=1S/C25H32N6O2/c1-17-16-19(33-2)9-10-20(17)28-24(32)31-14-11-25(12-15-31)23(27-18-6-3-4-7-18)29-22-21(30-25)8-5-13-26-22/h5,8-10,13,16,18,30H,3-4,6-7,11-12,14-15H2,1-2H3,(H,28,32)(H,26,27,29). The molecule has 0 atom stereocenters. The first-order valence-electron chi connectivity index (χ1n) is 11.9. The van der Waals surface area contributed by atoms with Crippen LogP contribution in [0, 0.1) is 6.92 Å². The van der Waals surface area contributed by atoms with E-state index >= 15 is 0 Å². The van der Waals surface area contributed by atoms with Crippen molar-refractivity contribution in [1.82, 2.24) is 9.88 Å². The van der Waals surface area contributed by atoms with Crippen LogP contribution < -0.4 is 20.7 Å². The second-order valence-corrected chi connectivity index (χ2v) is 9.25. The van der Waals surface area contributed by atoms with E-state index in [1.807, 2.05) is 36.1 Å². The molecule has 2 aliphatic heterocycles. The molecular weight excluding hydrogens is 416 g/mol. The smallest absolute Gasteiger partial charge is 0.321 e. The number of pyridine rings is 1. The zero-order valence-electron chi connectivity index (χ0n) is 19.4. The van der Waals surface area contributed by atoms with Crippen molar-refractivity contribution in [1.29, 1.82) is 0 Å². The van der Waals surface area contributed by atoms with E-state index in [2.05, 4.69) is 27.0 Å². The number of nitrogens with zero attached hydrogens (tertiary/aromatic N) is 3. The number of carbonyl (C=O) groups is 1. The molecule has 5 rings (SSSR count). The average molecular weight is 449 g/mol. The van der Waals surface area contributed by atoms with Crippen molar-refractivity contribution in [3.8, 4) is 5.75 Å². The third-order valence-electron chi connectivity index (χ3n) is 7.09. The molecule has 1 saturated carbocycles. The van der Waals surface area contributed by atoms with Gasteiger partial charge in [0.25, 0.3) is 0 Å². The fraction of sp³-hybridized carbons (Fsp3) is 0.480. The van der Waals surface area contributed by atoms with Gasteiger partial charge in [0.15, 0.2) is 5.82 Å². The van der Waals surface area contributed by atoms with Crippen molar-refractivity contribution >= 4 is 29.1 Å². The molecule has 3 aliphatic rings. The Morgan fingerprint density at radius 1 is 1.24 bits per heavy atom. The number of hydrogen-bond acceptors (Lipinski definition) is 5. The van der Waals surface area contributed by atoms with Crippen LogP contribution in [0.25, 0.3) is 0 Å². The maximum absolute atomic E-state index is 13.0. The summed E-state index contributed by atoms with van der Waals surface area (Å²) in [4.78, 5) is 24.5. The predicted molar refractivity (Wildman–Crippen MR) is 131 cm³/mol. The van der Waals surface area contributed by atoms with Crippen molar-refractivity contribution in [2.24, 2.45) is 4.99 Å². The molecule has 2 aromatic rings. The first kappa shape index (κ1) is 21.6. The molecular formula is C25H32N6O2. The number of urea groups is 1. The van der Waals surface area contributed by atoms with Crippen molar-refractivity contribution < 1.29 is 9.53 Å². The highest BCUT2D eigenvalue weighted by atomic mass is 16.5. The van der Waals surface area contributed by atoms with Gasteiger partial charge >= 0.3 is 6.03 Å². The lowest BCUT2D eigenvalue weighted by atomic mass is 9.84. The minimum absolute atomic E-state index is 0.0711. The number of fused-ring (bicyclic) bond motifs is 1. The van der Waals surface area contributed by atoms with Crippen LogP contribution in [-0.2, 0) is 0 Å². The molecule has 1 aromatic heterocycles. The lowest BCUT2D eigenvalue weighted by Crippen LogP contribution is -2.59. The maximum atomic E-state index is 13.0. The number of aryl methyl sites for hydroxylation is 1. The number of methoxy groups -OCH3 is 1. The Balaban J connectivity index is 1.31. The van der Waals surface area contributed by atoms with E-state index < -0.39 is 0 Å². The van der Waals surface area contributed by atoms with Crippen molar-refractivity contribution in [2.75, 3.05) is 36.1 Å². The van der Waals surface area contributed by atoms with Crippen molar-refractivity contribution in [3.05, 3.63) is 42.1 Å². The first-order chi connectivity index (χ1) is 16.1. The molecule has 3 heterocycles. The molecule has 2 amide bonds. The molecule has 8 heteroatoms. The highest BCUT2D eigenvalue weighted by Gasteiger charge is 2.44. The van der Waals surface area contributed by atoms with Gasteiger partial charge < -0.3 is 25.6 Å². The minimum atomic E-state index is -0.300. The molecule has 0 unspecified atom stereocenters. The third-order valence-corrected chi connectivity index (χ3v) is 7.09. The van der Waals surface area contributed by atoms with Gasteiger partial charge in [0.2, 0.25) is 0 Å². The van der Waals surface area contributed by atoms with E-state index in [4.69, 9.17) is 9.73 Å². The first-order valence-corrected chi connectivity index (χ1v) is 11.9. The number of amides is 2. The fourth-order valence-corrected chi connectivity index (χ4v) is 5.08. The van der Waals surface area contributed by atoms with E-state index in [0.29, 0.717) is 19.1 Å². The summed E-state index contributed by atoms with van der Waals surface area (Å²) in [5.74, 6) is 2.59. The van der Waals surface area contributed by atoms with E-state index in [1.165, 1.54) is 12.8 Å². The van der Waals surface area contributed by atoms with Crippen LogP contribution in [0.5, 0.6) is 5.75 Å². The molecule has 33 heavy (non-hydrogen) atoms. The summed E-state index contributed by atoms with van der Waals surface area (Å²) >= 11 is 0. The fourth-order valence-electron chi connectivity index (χ4n) is 5.08. The van der Waals surface area contributed by atoms with Crippen molar-refractivity contribution in [3.63, 3.8) is 0 Å². The summed E-state index contributed by atoms with van der Waals surface area (Å²) in [6, 6.07) is 9.97. The Kier molecular flexibility index (Phi) is 5.83. The second-order valence-electron chi connectivity index (χ2n) is 9.25. The van der Waals surface area contributed by atoms with Gasteiger partial charge in [-0.25, -0.2) is 9.78 Å². The van der Waals surface area contributed by atoms with E-state index in [9.17, 15) is 4.79 Å². The van der Waals surface area contributed by atoms with Gasteiger partial charge in [-0.1, -0.05) is 12.8 Å². The summed E-state index contributed by atoms with van der Waals surface area (Å²) in [5.41, 5.74) is 2.48. The normalized spacial score (nSPS) is 20.8. The molecule has 1 saturated heterocycles. The van der Waals surface area contributed by atoms with Crippen LogP contribution in [-0.4, -0.2) is 53.5 Å². The average Bonchev–Trinajstić information content (AvgIpc) is 3.34. The van der Waals surface area contributed by atoms with Crippen molar-refractivity contribution in [2.45, 2.75) is 57.0 Å². The number of nitrogens with one attached hydrogen (secondary N) is 3. The van der Waals surface area contributed by atoms with Crippen LogP contribution >= 0.6 is 0 Å². The molecule has 2 fully saturated rings. The van der Waals surface area contributed by atoms with E-state index in [1.54, 1.807) is 13.3 Å². The van der Waals surface area contributed by atoms with Gasteiger partial charge in [-0.2, -0.15) is 0 Å². The number of hydrogen-bond donors (Lipinski definition) is 3. The maximum Gasteiger partial charge on any atom is 0.321 e. The molecule has 174 valence electrons. The number of likely N-dealkylation sites (tertiary alicyclic amines) is 1. The highest BCUT2D eigenvalue weighted by molar-refractivity contribution is 6.09. The number of piperidine rings is 1. The number of rotatable bonds is 3. The molecule has 1 spiro atoms. The Hall–Kier alpha value is -3.29. The number of aliphatic imine (C=N–C) groups is 1. The Bertz CT molecular complexity index is 1050. The van der Waals surface area contributed by atoms with Crippen LogP contribution in [0.3, 0.4) is 0 Å². The van der Waals surface area contributed by atoms with Gasteiger partial charge in [0.1, 0.15) is 11.6 Å². The van der Waals surface area contributed by atoms with Gasteiger partial charge in [-0.15, -0.1) is 0 Å². The van der Waals surface area contributed by atoms with Crippen LogP contribution in [0.4, 0.5) is 22.0 Å². The zero-order valence-corrected chi connectivity index (χ0v) is 19.4. The Labute approximate surface area is 194 Å². The van der Waals surface area contributed by atoms with Gasteiger partial charge in [0.05, 0.1) is 24.4 Å². The molecule has 0 radical (unpaired) electrons. The number of carbonyl (C=O) groups excluding carboxylic acids is 1. The lowest BCUT2D eigenvalue weighted by Gasteiger charge is -2.46. The van der Waals surface area contributed by atoms with E-state index in [0.717, 1.165) is 60.0 Å². The molecule has 1 aliphatic carbocycles. The second kappa shape index (κ2) is 8.92. The summed E-state index contributed by atoms with van der Waals surface area (Å²) in [5, 5.41) is 10.3. The Morgan fingerprint density at radius 2 is 2.03 bits per heavy atom. The van der Waals surface area contributed by atoms with Gasteiger partial charge in [-0.05, 0) is 68.5 Å². The largest absolute Gasteiger partial charge is 0.497 e. The SMILES string of the molecule is COc1ccc(NC(=O)N2CCC3(CC2)Nc2cccnc2NC3=NC2CCCC2)c(C)c1. The zero-order chi connectivity index (χ0) is 22.8. The number of benzene rings is 1. The quantitative estimate of drug-likeness (QED) is 0.636. The number of anilines is 3. The number of aromatic nitrogens is 1. The minimum Gasteiger partial charge on any atom is -0.497 e. The number of amidine groups is 1. The summed E-state index contributed by atoms with van der Waals surface area (Å²) in [7, 11) is 1.64. The monoisotopic (exact) mass is 448 g/mol. The molecule has 0 bridgehead atoms. The third kappa shape index (κ3) is 4.34. The van der Waals surface area contributed by atoms with Crippen LogP contribution in [0.15, 0.2) is 41.5 Å².